The second kappa shape index (κ2) is 3.84. The molecule has 0 saturated heterocycles. The molecule has 0 radical (unpaired) electrons. The van der Waals surface area contributed by atoms with Crippen LogP contribution in [0.15, 0.2) is 9.29 Å². The average Bonchev–Trinajstić information content (AvgIpc) is 2.40. The molecule has 0 bridgehead atoms. The molecule has 1 rings (SSSR count). The number of ether oxygens (including phenoxy) is 1. The highest BCUT2D eigenvalue weighted by Crippen LogP contribution is 2.27. The predicted octanol–water partition coefficient (Wildman–Crippen LogP) is -0.238. The smallest absolute Gasteiger partial charge is 0.299 e. The Morgan fingerprint density at radius 3 is 2.60 bits per heavy atom. The fraction of sp³-hybridized carbons (Fsp3) is 0.429. The Morgan fingerprint density at radius 1 is 1.53 bits per heavy atom. The van der Waals surface area contributed by atoms with Crippen molar-refractivity contribution in [1.82, 2.24) is 9.78 Å². The van der Waals surface area contributed by atoms with Crippen molar-refractivity contribution in [3.8, 4) is 5.88 Å². The Bertz CT molecular complexity index is 525. The van der Waals surface area contributed by atoms with Crippen molar-refractivity contribution in [2.24, 2.45) is 11.4 Å². The lowest BCUT2D eigenvalue weighted by atomic mass is 10.5. The topological polar surface area (TPSA) is 90.6 Å². The van der Waals surface area contributed by atoms with Crippen molar-refractivity contribution >= 4 is 16.1 Å². The van der Waals surface area contributed by atoms with Crippen LogP contribution in [0.4, 0.5) is 0 Å². The minimum absolute atomic E-state index is 0.0338. The maximum absolute atomic E-state index is 11.5. The summed E-state index contributed by atoms with van der Waals surface area (Å²) >= 11 is 0. The summed E-state index contributed by atoms with van der Waals surface area (Å²) in [5.74, 6) is 0.0338. The second-order valence-corrected chi connectivity index (χ2v) is 4.25. The molecule has 0 aromatic carbocycles. The molecule has 1 aromatic rings. The van der Waals surface area contributed by atoms with Gasteiger partial charge in [-0.25, -0.2) is 9.48 Å². The average molecular weight is 231 g/mol. The number of isocyanates is 1. The Kier molecular flexibility index (Phi) is 2.92. The van der Waals surface area contributed by atoms with Gasteiger partial charge in [-0.1, -0.05) is 4.40 Å². The number of sulfonamides is 1. The van der Waals surface area contributed by atoms with Gasteiger partial charge >= 0.3 is 0 Å². The molecule has 1 aromatic heterocycles. The summed E-state index contributed by atoms with van der Waals surface area (Å²) in [7, 11) is -1.24. The fourth-order valence-electron chi connectivity index (χ4n) is 1.23. The summed E-state index contributed by atoms with van der Waals surface area (Å²) in [5, 5.41) is 3.85. The van der Waals surface area contributed by atoms with Crippen LogP contribution in [0.25, 0.3) is 0 Å². The van der Waals surface area contributed by atoms with Crippen molar-refractivity contribution in [1.29, 1.82) is 0 Å². The zero-order chi connectivity index (χ0) is 11.6. The van der Waals surface area contributed by atoms with Crippen LogP contribution < -0.4 is 4.74 Å². The molecule has 0 aliphatic rings. The predicted molar refractivity (Wildman–Crippen MR) is 49.8 cm³/mol. The van der Waals surface area contributed by atoms with Gasteiger partial charge in [0.05, 0.1) is 12.8 Å². The third-order valence-corrected chi connectivity index (χ3v) is 3.03. The summed E-state index contributed by atoms with van der Waals surface area (Å²) in [6.45, 7) is 1.48. The quantitative estimate of drug-likeness (QED) is 0.529. The number of hydrogen-bond donors (Lipinski definition) is 0. The van der Waals surface area contributed by atoms with Gasteiger partial charge < -0.3 is 4.74 Å². The van der Waals surface area contributed by atoms with Crippen LogP contribution in [-0.4, -0.2) is 31.4 Å². The largest absolute Gasteiger partial charge is 0.480 e. The summed E-state index contributed by atoms with van der Waals surface area (Å²) < 4.78 is 31.8. The lowest BCUT2D eigenvalue weighted by Gasteiger charge is -2.01. The van der Waals surface area contributed by atoms with E-state index in [0.29, 0.717) is 0 Å². The first-order valence-electron chi connectivity index (χ1n) is 3.85. The van der Waals surface area contributed by atoms with E-state index in [1.807, 2.05) is 0 Å². The van der Waals surface area contributed by atoms with Crippen LogP contribution in [0.2, 0.25) is 0 Å². The van der Waals surface area contributed by atoms with E-state index >= 15 is 0 Å². The number of methoxy groups -OCH3 is 1. The van der Waals surface area contributed by atoms with Crippen molar-refractivity contribution in [3.05, 3.63) is 5.69 Å². The molecule has 15 heavy (non-hydrogen) atoms. The molecular weight excluding hydrogens is 222 g/mol. The van der Waals surface area contributed by atoms with E-state index in [4.69, 9.17) is 4.74 Å². The molecule has 0 aliphatic carbocycles. The molecule has 7 nitrogen and oxygen atoms in total. The minimum atomic E-state index is -4.07. The number of hydrogen-bond acceptors (Lipinski definition) is 5. The molecule has 8 heteroatoms. The molecule has 82 valence electrons. The van der Waals surface area contributed by atoms with Gasteiger partial charge in [-0.2, -0.15) is 13.5 Å². The lowest BCUT2D eigenvalue weighted by molar-refractivity contribution is 0.363. The van der Waals surface area contributed by atoms with Crippen molar-refractivity contribution < 1.29 is 17.9 Å². The highest BCUT2D eigenvalue weighted by molar-refractivity contribution is 7.90. The summed E-state index contributed by atoms with van der Waals surface area (Å²) in [6.07, 6.45) is 0.989. The molecular formula is C7H9N3O4S. The van der Waals surface area contributed by atoms with Crippen molar-refractivity contribution in [2.75, 3.05) is 7.11 Å². The molecule has 0 N–H and O–H groups in total. The van der Waals surface area contributed by atoms with Gasteiger partial charge in [0, 0.05) is 7.05 Å². The number of rotatable bonds is 3. The van der Waals surface area contributed by atoms with Gasteiger partial charge in [0.25, 0.3) is 16.1 Å². The van der Waals surface area contributed by atoms with E-state index < -0.39 is 10.0 Å². The van der Waals surface area contributed by atoms with Crippen LogP contribution in [0, 0.1) is 6.92 Å². The number of aryl methyl sites for hydroxylation is 2. The maximum Gasteiger partial charge on any atom is 0.299 e. The first kappa shape index (κ1) is 11.4. The van der Waals surface area contributed by atoms with Crippen LogP contribution in [0.3, 0.4) is 0 Å². The molecule has 0 fully saturated rings. The monoisotopic (exact) mass is 231 g/mol. The fourth-order valence-corrected chi connectivity index (χ4v) is 2.27. The molecule has 1 heterocycles. The summed E-state index contributed by atoms with van der Waals surface area (Å²) in [4.78, 5) is 9.76. The van der Waals surface area contributed by atoms with E-state index in [1.165, 1.54) is 25.8 Å². The SMILES string of the molecule is COc1c(S(=O)(=O)N=C=O)c(C)nn1C. The molecule has 0 aliphatic heterocycles. The van der Waals surface area contributed by atoms with Crippen molar-refractivity contribution in [3.63, 3.8) is 0 Å². The molecule has 0 unspecified atom stereocenters. The van der Waals surface area contributed by atoms with Gasteiger partial charge in [0.2, 0.25) is 5.88 Å². The summed E-state index contributed by atoms with van der Waals surface area (Å²) in [6, 6.07) is 0. The van der Waals surface area contributed by atoms with E-state index in [9.17, 15) is 13.2 Å². The van der Waals surface area contributed by atoms with Gasteiger partial charge in [0.1, 0.15) is 0 Å². The highest BCUT2D eigenvalue weighted by atomic mass is 32.2. The maximum atomic E-state index is 11.5. The molecule has 0 saturated carbocycles. The van der Waals surface area contributed by atoms with Crippen molar-refractivity contribution in [2.45, 2.75) is 11.8 Å². The molecule has 0 atom stereocenters. The van der Waals surface area contributed by atoms with Gasteiger partial charge in [-0.3, -0.25) is 0 Å². The Labute approximate surface area is 86.4 Å². The molecule has 0 amide bonds. The third kappa shape index (κ3) is 1.90. The van der Waals surface area contributed by atoms with Crippen LogP contribution >= 0.6 is 0 Å². The first-order chi connectivity index (χ1) is 6.94. The standard InChI is InChI=1S/C7H9N3O4S/c1-5-6(15(12,13)8-4-11)7(14-3)10(2)9-5/h1-3H3. The minimum Gasteiger partial charge on any atom is -0.480 e. The van der Waals surface area contributed by atoms with E-state index in [1.54, 1.807) is 0 Å². The van der Waals surface area contributed by atoms with E-state index in [2.05, 4.69) is 9.50 Å². The van der Waals surface area contributed by atoms with E-state index in [0.717, 1.165) is 6.08 Å². The van der Waals surface area contributed by atoms with Crippen LogP contribution in [-0.2, 0) is 21.9 Å². The normalized spacial score (nSPS) is 10.9. The number of aromatic nitrogens is 2. The number of carbonyl (C=O) groups excluding carboxylic acids is 1. The van der Waals surface area contributed by atoms with Gasteiger partial charge in [-0.15, -0.1) is 0 Å². The summed E-state index contributed by atoms with van der Waals surface area (Å²) in [5.41, 5.74) is 0.216. The van der Waals surface area contributed by atoms with Gasteiger partial charge in [-0.05, 0) is 6.92 Å². The Hall–Kier alpha value is -1.66. The third-order valence-electron chi connectivity index (χ3n) is 1.73. The van der Waals surface area contributed by atoms with Crippen LogP contribution in [0.5, 0.6) is 5.88 Å². The second-order valence-electron chi connectivity index (χ2n) is 2.71. The zero-order valence-electron chi connectivity index (χ0n) is 8.38. The Balaban J connectivity index is 3.56. The zero-order valence-corrected chi connectivity index (χ0v) is 9.20. The molecule has 0 spiro atoms. The van der Waals surface area contributed by atoms with Crippen LogP contribution in [0.1, 0.15) is 5.69 Å². The number of nitrogens with zero attached hydrogens (tertiary/aromatic N) is 3. The first-order valence-corrected chi connectivity index (χ1v) is 5.29. The van der Waals surface area contributed by atoms with Gasteiger partial charge in [0.15, 0.2) is 4.90 Å². The Morgan fingerprint density at radius 2 is 2.13 bits per heavy atom. The van der Waals surface area contributed by atoms with E-state index in [-0.39, 0.29) is 16.5 Å². The lowest BCUT2D eigenvalue weighted by Crippen LogP contribution is -2.01. The highest BCUT2D eigenvalue weighted by Gasteiger charge is 2.26.